The highest BCUT2D eigenvalue weighted by Gasteiger charge is 2.21. The molecule has 2 aromatic heterocycles. The van der Waals surface area contributed by atoms with Crippen molar-refractivity contribution in [1.82, 2.24) is 19.7 Å². The van der Waals surface area contributed by atoms with E-state index < -0.39 is 5.97 Å². The van der Waals surface area contributed by atoms with Gasteiger partial charge in [0.15, 0.2) is 5.16 Å². The number of carbonyl (C=O) groups excluding carboxylic acids is 1. The van der Waals surface area contributed by atoms with Crippen LogP contribution in [0, 0.1) is 0 Å². The van der Waals surface area contributed by atoms with Crippen LogP contribution >= 0.6 is 11.8 Å². The summed E-state index contributed by atoms with van der Waals surface area (Å²) >= 11 is 1.25. The van der Waals surface area contributed by atoms with Gasteiger partial charge in [0.25, 0.3) is 5.56 Å². The number of methoxy groups -OCH3 is 2. The standard InChI is InChI=1S/C22H20N4O5S/c1-13(19-24-25-20(31-19)14-8-10-15(29-2)11-9-14)32-22-23-17-7-5-4-6-16(17)21(28)26(22)12-18(27)30-3/h4-11,13H,12H2,1-3H3. The van der Waals surface area contributed by atoms with E-state index in [1.807, 2.05) is 31.2 Å². The van der Waals surface area contributed by atoms with Gasteiger partial charge in [0.2, 0.25) is 11.8 Å². The van der Waals surface area contributed by atoms with Crippen LogP contribution in [0.3, 0.4) is 0 Å². The summed E-state index contributed by atoms with van der Waals surface area (Å²) in [4.78, 5) is 29.5. The molecule has 0 spiro atoms. The SMILES string of the molecule is COC(=O)Cn1c(SC(C)c2nnc(-c3ccc(OC)cc3)o2)nc2ccccc2c1=O. The molecule has 1 unspecified atom stereocenters. The number of benzene rings is 2. The van der Waals surface area contributed by atoms with E-state index in [4.69, 9.17) is 13.9 Å². The summed E-state index contributed by atoms with van der Waals surface area (Å²) < 4.78 is 17.1. The molecule has 0 bridgehead atoms. The number of thioether (sulfide) groups is 1. The molecule has 0 aliphatic heterocycles. The van der Waals surface area contributed by atoms with E-state index in [2.05, 4.69) is 15.2 Å². The van der Waals surface area contributed by atoms with Gasteiger partial charge in [-0.05, 0) is 43.3 Å². The Balaban J connectivity index is 1.65. The van der Waals surface area contributed by atoms with E-state index >= 15 is 0 Å². The largest absolute Gasteiger partial charge is 0.497 e. The number of fused-ring (bicyclic) bond motifs is 1. The van der Waals surface area contributed by atoms with Crippen LogP contribution in [0.25, 0.3) is 22.4 Å². The molecule has 0 amide bonds. The maximum Gasteiger partial charge on any atom is 0.325 e. The molecule has 0 saturated heterocycles. The average Bonchev–Trinajstić information content (AvgIpc) is 3.32. The summed E-state index contributed by atoms with van der Waals surface area (Å²) in [5.74, 6) is 0.919. The second-order valence-electron chi connectivity index (χ2n) is 6.81. The van der Waals surface area contributed by atoms with E-state index in [0.717, 1.165) is 11.3 Å². The monoisotopic (exact) mass is 452 g/mol. The topological polar surface area (TPSA) is 109 Å². The van der Waals surface area contributed by atoms with Gasteiger partial charge in [-0.1, -0.05) is 23.9 Å². The van der Waals surface area contributed by atoms with Crippen molar-refractivity contribution in [1.29, 1.82) is 0 Å². The first-order valence-corrected chi connectivity index (χ1v) is 10.6. The van der Waals surface area contributed by atoms with Crippen molar-refractivity contribution >= 4 is 28.6 Å². The third kappa shape index (κ3) is 4.35. The zero-order chi connectivity index (χ0) is 22.7. The molecule has 2 heterocycles. The third-order valence-corrected chi connectivity index (χ3v) is 5.83. The fraction of sp³-hybridized carbons (Fsp3) is 0.227. The van der Waals surface area contributed by atoms with Crippen molar-refractivity contribution in [3.63, 3.8) is 0 Å². The highest BCUT2D eigenvalue weighted by molar-refractivity contribution is 7.99. The Hall–Kier alpha value is -3.66. The smallest absolute Gasteiger partial charge is 0.325 e. The second kappa shape index (κ2) is 9.23. The van der Waals surface area contributed by atoms with E-state index in [1.54, 1.807) is 31.4 Å². The number of hydrogen-bond acceptors (Lipinski definition) is 9. The molecule has 164 valence electrons. The number of hydrogen-bond donors (Lipinski definition) is 0. The molecule has 0 aliphatic rings. The van der Waals surface area contributed by atoms with Crippen molar-refractivity contribution in [3.05, 3.63) is 64.8 Å². The maximum atomic E-state index is 13.0. The molecule has 0 radical (unpaired) electrons. The molecule has 32 heavy (non-hydrogen) atoms. The number of rotatable bonds is 7. The Labute approximate surface area is 187 Å². The Morgan fingerprint density at radius 3 is 2.59 bits per heavy atom. The lowest BCUT2D eigenvalue weighted by Crippen LogP contribution is -2.27. The Bertz CT molecular complexity index is 1320. The second-order valence-corrected chi connectivity index (χ2v) is 8.12. The van der Waals surface area contributed by atoms with Gasteiger partial charge in [-0.25, -0.2) is 4.98 Å². The average molecular weight is 452 g/mol. The minimum atomic E-state index is -0.543. The molecule has 0 N–H and O–H groups in total. The van der Waals surface area contributed by atoms with Crippen molar-refractivity contribution in [2.75, 3.05) is 14.2 Å². The number of ether oxygens (including phenoxy) is 2. The predicted molar refractivity (Wildman–Crippen MR) is 119 cm³/mol. The summed E-state index contributed by atoms with van der Waals surface area (Å²) in [6.07, 6.45) is 0. The molecule has 0 saturated carbocycles. The fourth-order valence-corrected chi connectivity index (χ4v) is 3.97. The van der Waals surface area contributed by atoms with Crippen LogP contribution in [0.1, 0.15) is 18.1 Å². The minimum Gasteiger partial charge on any atom is -0.497 e. The van der Waals surface area contributed by atoms with Gasteiger partial charge in [-0.2, -0.15) is 0 Å². The number of aromatic nitrogens is 4. The molecule has 0 fully saturated rings. The maximum absolute atomic E-state index is 13.0. The molecule has 4 aromatic rings. The van der Waals surface area contributed by atoms with Crippen molar-refractivity contribution in [3.8, 4) is 17.2 Å². The van der Waals surface area contributed by atoms with Gasteiger partial charge >= 0.3 is 5.97 Å². The van der Waals surface area contributed by atoms with Crippen LogP contribution < -0.4 is 10.3 Å². The van der Waals surface area contributed by atoms with E-state index in [1.165, 1.54) is 23.4 Å². The molecule has 4 rings (SSSR count). The summed E-state index contributed by atoms with van der Waals surface area (Å²) in [5.41, 5.74) is 0.978. The lowest BCUT2D eigenvalue weighted by Gasteiger charge is -2.14. The molecule has 0 aliphatic carbocycles. The molecular weight excluding hydrogens is 432 g/mol. The first-order chi connectivity index (χ1) is 15.5. The fourth-order valence-electron chi connectivity index (χ4n) is 3.03. The molecular formula is C22H20N4O5S. The lowest BCUT2D eigenvalue weighted by atomic mass is 10.2. The Morgan fingerprint density at radius 1 is 1.12 bits per heavy atom. The van der Waals surface area contributed by atoms with Gasteiger partial charge in [-0.3, -0.25) is 14.2 Å². The van der Waals surface area contributed by atoms with Crippen molar-refractivity contribution < 1.29 is 18.7 Å². The summed E-state index contributed by atoms with van der Waals surface area (Å²) in [7, 11) is 2.87. The number of para-hydroxylation sites is 1. The first-order valence-electron chi connectivity index (χ1n) is 9.71. The van der Waals surface area contributed by atoms with Gasteiger partial charge in [-0.15, -0.1) is 10.2 Å². The number of esters is 1. The van der Waals surface area contributed by atoms with Gasteiger partial charge in [0, 0.05) is 5.56 Å². The first kappa shape index (κ1) is 21.6. The minimum absolute atomic E-state index is 0.247. The van der Waals surface area contributed by atoms with E-state index in [0.29, 0.717) is 27.8 Å². The number of nitrogens with zero attached hydrogens (tertiary/aromatic N) is 4. The highest BCUT2D eigenvalue weighted by atomic mass is 32.2. The summed E-state index contributed by atoms with van der Waals surface area (Å²) in [6.45, 7) is 1.61. The van der Waals surface area contributed by atoms with Crippen LogP contribution in [-0.2, 0) is 16.1 Å². The summed E-state index contributed by atoms with van der Waals surface area (Å²) in [5, 5.41) is 8.72. The van der Waals surface area contributed by atoms with Gasteiger partial charge in [0.1, 0.15) is 12.3 Å². The normalized spacial score (nSPS) is 12.0. The lowest BCUT2D eigenvalue weighted by molar-refractivity contribution is -0.141. The van der Waals surface area contributed by atoms with Crippen LogP contribution in [0.5, 0.6) is 5.75 Å². The van der Waals surface area contributed by atoms with Gasteiger partial charge in [0.05, 0.1) is 30.4 Å². The van der Waals surface area contributed by atoms with Crippen LogP contribution in [0.15, 0.2) is 62.9 Å². The zero-order valence-electron chi connectivity index (χ0n) is 17.6. The Morgan fingerprint density at radius 2 is 1.88 bits per heavy atom. The molecule has 9 nitrogen and oxygen atoms in total. The highest BCUT2D eigenvalue weighted by Crippen LogP contribution is 2.34. The molecule has 1 atom stereocenters. The Kier molecular flexibility index (Phi) is 6.22. The quantitative estimate of drug-likeness (QED) is 0.236. The zero-order valence-corrected chi connectivity index (χ0v) is 18.5. The van der Waals surface area contributed by atoms with E-state index in [-0.39, 0.29) is 17.4 Å². The van der Waals surface area contributed by atoms with Crippen LogP contribution in [-0.4, -0.2) is 39.9 Å². The van der Waals surface area contributed by atoms with E-state index in [9.17, 15) is 9.59 Å². The summed E-state index contributed by atoms with van der Waals surface area (Å²) in [6, 6.07) is 14.3. The number of carbonyl (C=O) groups is 1. The molecule has 10 heteroatoms. The molecule has 2 aromatic carbocycles. The van der Waals surface area contributed by atoms with Crippen LogP contribution in [0.2, 0.25) is 0 Å². The van der Waals surface area contributed by atoms with Crippen molar-refractivity contribution in [2.24, 2.45) is 0 Å². The predicted octanol–water partition coefficient (Wildman–Crippen LogP) is 3.48. The van der Waals surface area contributed by atoms with Gasteiger partial charge < -0.3 is 13.9 Å². The van der Waals surface area contributed by atoms with Crippen molar-refractivity contribution in [2.45, 2.75) is 23.9 Å². The third-order valence-electron chi connectivity index (χ3n) is 4.75. The van der Waals surface area contributed by atoms with Crippen LogP contribution in [0.4, 0.5) is 0 Å².